The van der Waals surface area contributed by atoms with Gasteiger partial charge < -0.3 is 0 Å². The Labute approximate surface area is 104 Å². The second-order valence-corrected chi connectivity index (χ2v) is 4.31. The van der Waals surface area contributed by atoms with Gasteiger partial charge in [-0.25, -0.2) is 9.98 Å². The molecule has 2 aliphatic heterocycles. The van der Waals surface area contributed by atoms with Crippen LogP contribution in [0.4, 0.5) is 5.69 Å². The van der Waals surface area contributed by atoms with Gasteiger partial charge >= 0.3 is 0 Å². The Morgan fingerprint density at radius 2 is 1.89 bits per heavy atom. The molecule has 0 radical (unpaired) electrons. The van der Waals surface area contributed by atoms with E-state index in [1.165, 1.54) is 11.1 Å². The predicted octanol–water partition coefficient (Wildman–Crippen LogP) is 1.83. The largest absolute Gasteiger partial charge is 0.239 e. The van der Waals surface area contributed by atoms with Gasteiger partial charge in [-0.15, -0.1) is 0 Å². The molecule has 1 aromatic heterocycles. The van der Waals surface area contributed by atoms with Gasteiger partial charge in [0, 0.05) is 12.1 Å². The molecule has 2 aliphatic rings. The van der Waals surface area contributed by atoms with Crippen LogP contribution in [0.5, 0.6) is 0 Å². The number of hydrogen-bond donors (Lipinski definition) is 0. The topological polar surface area (TPSA) is 30.6 Å². The van der Waals surface area contributed by atoms with Crippen molar-refractivity contribution in [2.45, 2.75) is 0 Å². The molecule has 2 aromatic rings. The molecule has 0 unspecified atom stereocenters. The van der Waals surface area contributed by atoms with E-state index < -0.39 is 0 Å². The molecule has 0 saturated heterocycles. The highest BCUT2D eigenvalue weighted by molar-refractivity contribution is 5.87. The lowest BCUT2D eigenvalue weighted by Gasteiger charge is -1.93. The molecule has 0 aliphatic carbocycles. The Hall–Kier alpha value is -2.55. The van der Waals surface area contributed by atoms with Gasteiger partial charge in [0.2, 0.25) is 5.69 Å². The van der Waals surface area contributed by atoms with E-state index >= 15 is 0 Å². The first-order valence-electron chi connectivity index (χ1n) is 5.85. The lowest BCUT2D eigenvalue weighted by Crippen LogP contribution is -2.21. The van der Waals surface area contributed by atoms with Crippen molar-refractivity contribution < 1.29 is 4.24 Å². The number of rotatable bonds is 1. The molecule has 0 saturated carbocycles. The number of hydrogen-bond acceptors (Lipinski definition) is 2. The Kier molecular flexibility index (Phi) is 1.83. The normalized spacial score (nSPS) is 14.6. The average molecular weight is 232 g/mol. The summed E-state index contributed by atoms with van der Waals surface area (Å²) in [5, 5.41) is 0.945. The van der Waals surface area contributed by atoms with Crippen LogP contribution in [0.25, 0.3) is 11.6 Å². The van der Waals surface area contributed by atoms with Gasteiger partial charge in [-0.2, -0.15) is 4.24 Å². The van der Waals surface area contributed by atoms with Crippen LogP contribution in [0.3, 0.4) is 0 Å². The van der Waals surface area contributed by atoms with Crippen LogP contribution < -0.4 is 9.60 Å². The summed E-state index contributed by atoms with van der Waals surface area (Å²) in [5.74, 6) is 0. The van der Waals surface area contributed by atoms with Crippen molar-refractivity contribution in [2.75, 3.05) is 0 Å². The van der Waals surface area contributed by atoms with Crippen molar-refractivity contribution >= 4 is 23.7 Å². The predicted molar refractivity (Wildman–Crippen MR) is 70.0 cm³/mol. The van der Waals surface area contributed by atoms with Gasteiger partial charge in [0.05, 0.1) is 5.57 Å². The Morgan fingerprint density at radius 3 is 2.78 bits per heavy atom. The fourth-order valence-electron chi connectivity index (χ4n) is 2.33. The van der Waals surface area contributed by atoms with Gasteiger partial charge in [0.1, 0.15) is 11.7 Å². The third-order valence-corrected chi connectivity index (χ3v) is 3.22. The number of aliphatic imine (C=N–C) groups is 1. The lowest BCUT2D eigenvalue weighted by molar-refractivity contribution is -0.504. The van der Waals surface area contributed by atoms with Crippen molar-refractivity contribution in [1.29, 1.82) is 0 Å². The fourth-order valence-corrected chi connectivity index (χ4v) is 2.33. The highest BCUT2D eigenvalue weighted by atomic mass is 15.0. The first-order valence-corrected chi connectivity index (χ1v) is 5.85. The molecule has 0 spiro atoms. The minimum Gasteiger partial charge on any atom is -0.234 e. The minimum absolute atomic E-state index is 0.945. The van der Waals surface area contributed by atoms with E-state index in [4.69, 9.17) is 0 Å². The maximum atomic E-state index is 4.32. The van der Waals surface area contributed by atoms with Crippen LogP contribution in [0.2, 0.25) is 0 Å². The Balaban J connectivity index is 1.95. The molecule has 3 heterocycles. The Morgan fingerprint density at radius 1 is 1.00 bits per heavy atom. The van der Waals surface area contributed by atoms with E-state index in [9.17, 15) is 0 Å². The quantitative estimate of drug-likeness (QED) is 0.672. The second kappa shape index (κ2) is 3.47. The lowest BCUT2D eigenvalue weighted by atomic mass is 10.1. The maximum Gasteiger partial charge on any atom is 0.239 e. The number of benzene rings is 1. The molecule has 84 valence electrons. The summed E-state index contributed by atoms with van der Waals surface area (Å²) in [5.41, 5.74) is 4.48. The highest BCUT2D eigenvalue weighted by Crippen LogP contribution is 2.24. The van der Waals surface area contributed by atoms with Crippen molar-refractivity contribution in [1.82, 2.24) is 0 Å². The average Bonchev–Trinajstić information content (AvgIpc) is 3.05. The third-order valence-electron chi connectivity index (χ3n) is 3.22. The first kappa shape index (κ1) is 9.48. The van der Waals surface area contributed by atoms with Gasteiger partial charge in [-0.3, -0.25) is 0 Å². The molecule has 4 rings (SSSR count). The third kappa shape index (κ3) is 1.27. The van der Waals surface area contributed by atoms with Gasteiger partial charge in [-0.1, -0.05) is 30.3 Å². The van der Waals surface area contributed by atoms with Crippen LogP contribution in [0, 0.1) is 6.21 Å². The summed E-state index contributed by atoms with van der Waals surface area (Å²) in [6.07, 6.45) is 7.92. The molecule has 0 bridgehead atoms. The fraction of sp³-hybridized carbons (Fsp3) is 0. The number of aromatic nitrogens is 1. The summed E-state index contributed by atoms with van der Waals surface area (Å²) in [6, 6.07) is 12.3. The van der Waals surface area contributed by atoms with Crippen LogP contribution >= 0.6 is 0 Å². The number of pyridine rings is 1. The number of allylic oxidation sites excluding steroid dienone is 1. The molecule has 0 atom stereocenters. The van der Waals surface area contributed by atoms with E-state index in [0.717, 1.165) is 16.7 Å². The number of fused-ring (bicyclic) bond motifs is 3. The van der Waals surface area contributed by atoms with E-state index in [1.807, 2.05) is 18.3 Å². The summed E-state index contributed by atoms with van der Waals surface area (Å²) in [6.45, 7) is 0. The maximum absolute atomic E-state index is 4.32. The molecule has 18 heavy (non-hydrogen) atoms. The summed E-state index contributed by atoms with van der Waals surface area (Å²) in [7, 11) is 0. The summed E-state index contributed by atoms with van der Waals surface area (Å²) < 4.78 is 2.10. The molecule has 0 amide bonds. The van der Waals surface area contributed by atoms with E-state index in [-0.39, 0.29) is 0 Å². The first-order chi connectivity index (χ1) is 8.92. The monoisotopic (exact) mass is 232 g/mol. The van der Waals surface area contributed by atoms with E-state index in [2.05, 4.69) is 50.8 Å². The standard InChI is InChI=1S/C15H10N3/c1-2-4-11(5-3-1)12-8-14-15-13(16-10-17-15)6-7-18(14)9-12/h1-10H/q+1. The van der Waals surface area contributed by atoms with Gasteiger partial charge in [0.15, 0.2) is 18.1 Å². The molecule has 1 aromatic carbocycles. The van der Waals surface area contributed by atoms with Crippen LogP contribution in [0.15, 0.2) is 52.6 Å². The zero-order valence-electron chi connectivity index (χ0n) is 9.62. The highest BCUT2D eigenvalue weighted by Gasteiger charge is 2.20. The molecule has 0 N–H and O–H groups in total. The van der Waals surface area contributed by atoms with Crippen molar-refractivity contribution in [2.24, 2.45) is 9.98 Å². The van der Waals surface area contributed by atoms with Crippen molar-refractivity contribution in [3.05, 3.63) is 65.4 Å². The van der Waals surface area contributed by atoms with Crippen LogP contribution in [-0.4, -0.2) is 6.34 Å². The second-order valence-electron chi connectivity index (χ2n) is 4.31. The molecular weight excluding hydrogens is 222 g/mol. The van der Waals surface area contributed by atoms with Gasteiger partial charge in [0.25, 0.3) is 0 Å². The van der Waals surface area contributed by atoms with Crippen LogP contribution in [0.1, 0.15) is 11.3 Å². The SMILES string of the molecule is C1=Nc2c3[n+](ccc2=N1)=CC(c1ccccc1)=C3. The molecule has 0 fully saturated rings. The van der Waals surface area contributed by atoms with Gasteiger partial charge in [-0.05, 0) is 5.56 Å². The van der Waals surface area contributed by atoms with E-state index in [0.29, 0.717) is 0 Å². The smallest absolute Gasteiger partial charge is 0.234 e. The molecular formula is C15H10N3+. The summed E-state index contributed by atoms with van der Waals surface area (Å²) in [4.78, 5) is 8.55. The molecule has 3 heteroatoms. The van der Waals surface area contributed by atoms with E-state index in [1.54, 1.807) is 6.34 Å². The molecule has 3 nitrogen and oxygen atoms in total. The zero-order chi connectivity index (χ0) is 11.9. The zero-order valence-corrected chi connectivity index (χ0v) is 9.62. The van der Waals surface area contributed by atoms with Crippen LogP contribution in [-0.2, 0) is 0 Å². The summed E-state index contributed by atoms with van der Waals surface area (Å²) >= 11 is 0. The van der Waals surface area contributed by atoms with Crippen molar-refractivity contribution in [3.8, 4) is 0 Å². The van der Waals surface area contributed by atoms with Crippen molar-refractivity contribution in [3.63, 3.8) is 0 Å². The Bertz CT molecular complexity index is 815. The number of nitrogens with zero attached hydrogens (tertiary/aromatic N) is 3. The minimum atomic E-state index is 0.945.